The molecule has 0 aromatic rings. The molecular formula is C17H30F2N2O2. The fraction of sp³-hybridized carbons (Fsp3) is 0.941. The highest BCUT2D eigenvalue weighted by Crippen LogP contribution is 2.50. The summed E-state index contributed by atoms with van der Waals surface area (Å²) < 4.78 is 32.3. The normalized spacial score (nSPS) is 25.2. The van der Waals surface area contributed by atoms with Gasteiger partial charge in [0.1, 0.15) is 5.60 Å². The van der Waals surface area contributed by atoms with Gasteiger partial charge in [-0.3, -0.25) is 0 Å². The summed E-state index contributed by atoms with van der Waals surface area (Å²) in [6.45, 7) is 7.26. The van der Waals surface area contributed by atoms with E-state index in [2.05, 4.69) is 0 Å². The smallest absolute Gasteiger partial charge is 0.410 e. The number of nitrogens with two attached hydrogens (primary N) is 1. The third-order valence-electron chi connectivity index (χ3n) is 5.40. The Hall–Kier alpha value is -0.910. The summed E-state index contributed by atoms with van der Waals surface area (Å²) in [7, 11) is 0. The molecule has 0 radical (unpaired) electrons. The van der Waals surface area contributed by atoms with Crippen molar-refractivity contribution < 1.29 is 18.3 Å². The summed E-state index contributed by atoms with van der Waals surface area (Å²) in [6, 6.07) is 0. The molecule has 0 aromatic heterocycles. The molecule has 1 aliphatic carbocycles. The van der Waals surface area contributed by atoms with Crippen LogP contribution in [-0.2, 0) is 4.74 Å². The summed E-state index contributed by atoms with van der Waals surface area (Å²) in [5, 5.41) is 0. The fourth-order valence-corrected chi connectivity index (χ4v) is 3.89. The molecular weight excluding hydrogens is 302 g/mol. The van der Waals surface area contributed by atoms with Gasteiger partial charge in [0.2, 0.25) is 5.92 Å². The number of likely N-dealkylation sites (tertiary alicyclic amines) is 1. The minimum atomic E-state index is -2.53. The van der Waals surface area contributed by atoms with Gasteiger partial charge in [-0.25, -0.2) is 13.6 Å². The van der Waals surface area contributed by atoms with Gasteiger partial charge < -0.3 is 15.4 Å². The second kappa shape index (κ2) is 6.54. The predicted octanol–water partition coefficient (Wildman–Crippen LogP) is 3.79. The van der Waals surface area contributed by atoms with Gasteiger partial charge in [0.25, 0.3) is 0 Å². The van der Waals surface area contributed by atoms with Crippen LogP contribution >= 0.6 is 0 Å². The van der Waals surface area contributed by atoms with Gasteiger partial charge in [-0.1, -0.05) is 0 Å². The van der Waals surface area contributed by atoms with Gasteiger partial charge in [-0.05, 0) is 64.3 Å². The maximum Gasteiger partial charge on any atom is 0.410 e. The Kier molecular flexibility index (Phi) is 5.24. The molecule has 1 saturated heterocycles. The van der Waals surface area contributed by atoms with E-state index in [0.717, 1.165) is 12.8 Å². The van der Waals surface area contributed by atoms with Crippen LogP contribution in [-0.4, -0.2) is 42.2 Å². The van der Waals surface area contributed by atoms with Crippen molar-refractivity contribution in [1.29, 1.82) is 0 Å². The molecule has 4 nitrogen and oxygen atoms in total. The zero-order valence-corrected chi connectivity index (χ0v) is 14.5. The molecule has 0 aromatic carbocycles. The van der Waals surface area contributed by atoms with Crippen LogP contribution in [0.5, 0.6) is 0 Å². The highest BCUT2D eigenvalue weighted by atomic mass is 19.3. The van der Waals surface area contributed by atoms with E-state index in [9.17, 15) is 13.6 Å². The van der Waals surface area contributed by atoms with Crippen molar-refractivity contribution in [3.63, 3.8) is 0 Å². The summed E-state index contributed by atoms with van der Waals surface area (Å²) in [6.07, 6.45) is 2.23. The molecule has 1 aliphatic heterocycles. The third-order valence-corrected chi connectivity index (χ3v) is 5.40. The van der Waals surface area contributed by atoms with Crippen LogP contribution in [0.25, 0.3) is 0 Å². The van der Waals surface area contributed by atoms with Crippen molar-refractivity contribution in [1.82, 2.24) is 4.90 Å². The Labute approximate surface area is 137 Å². The molecule has 1 amide bonds. The van der Waals surface area contributed by atoms with E-state index >= 15 is 0 Å². The van der Waals surface area contributed by atoms with Crippen molar-refractivity contribution in [3.8, 4) is 0 Å². The zero-order valence-electron chi connectivity index (χ0n) is 14.5. The first-order valence-electron chi connectivity index (χ1n) is 8.63. The number of alkyl halides is 2. The van der Waals surface area contributed by atoms with Crippen molar-refractivity contribution in [3.05, 3.63) is 0 Å². The maximum absolute atomic E-state index is 13.5. The number of ether oxygens (including phenoxy) is 1. The number of amides is 1. The van der Waals surface area contributed by atoms with E-state index in [1.54, 1.807) is 4.90 Å². The number of rotatable bonds is 2. The van der Waals surface area contributed by atoms with Crippen LogP contribution < -0.4 is 5.73 Å². The average molecular weight is 332 g/mol. The van der Waals surface area contributed by atoms with E-state index in [4.69, 9.17) is 10.5 Å². The average Bonchev–Trinajstić information content (AvgIpc) is 2.46. The van der Waals surface area contributed by atoms with Gasteiger partial charge in [-0.2, -0.15) is 0 Å². The monoisotopic (exact) mass is 332 g/mol. The Bertz CT molecular complexity index is 417. The molecule has 2 rings (SSSR count). The predicted molar refractivity (Wildman–Crippen MR) is 85.4 cm³/mol. The Morgan fingerprint density at radius 2 is 1.70 bits per heavy atom. The van der Waals surface area contributed by atoms with Gasteiger partial charge in [0.05, 0.1) is 0 Å². The van der Waals surface area contributed by atoms with Gasteiger partial charge in [0.15, 0.2) is 0 Å². The lowest BCUT2D eigenvalue weighted by Gasteiger charge is -2.48. The molecule has 0 unspecified atom stereocenters. The first-order valence-corrected chi connectivity index (χ1v) is 8.63. The number of piperidine rings is 1. The van der Waals surface area contributed by atoms with Crippen LogP contribution in [0, 0.1) is 11.3 Å². The Balaban J connectivity index is 1.91. The van der Waals surface area contributed by atoms with Crippen molar-refractivity contribution in [2.45, 2.75) is 70.8 Å². The highest BCUT2D eigenvalue weighted by molar-refractivity contribution is 5.68. The lowest BCUT2D eigenvalue weighted by Crippen LogP contribution is -2.49. The second-order valence-electron chi connectivity index (χ2n) is 8.16. The number of hydrogen-bond acceptors (Lipinski definition) is 3. The van der Waals surface area contributed by atoms with Crippen molar-refractivity contribution >= 4 is 6.09 Å². The van der Waals surface area contributed by atoms with Gasteiger partial charge >= 0.3 is 6.09 Å². The van der Waals surface area contributed by atoms with E-state index in [0.29, 0.717) is 38.4 Å². The first-order chi connectivity index (χ1) is 10.6. The summed E-state index contributed by atoms with van der Waals surface area (Å²) in [5.41, 5.74) is 5.31. The zero-order chi connectivity index (χ0) is 17.3. The molecule has 1 saturated carbocycles. The van der Waals surface area contributed by atoms with Crippen LogP contribution in [0.1, 0.15) is 59.3 Å². The molecule has 0 spiro atoms. The fourth-order valence-electron chi connectivity index (χ4n) is 3.89. The minimum Gasteiger partial charge on any atom is -0.444 e. The van der Waals surface area contributed by atoms with Crippen molar-refractivity contribution in [2.24, 2.45) is 17.1 Å². The summed E-state index contributed by atoms with van der Waals surface area (Å²) in [4.78, 5) is 13.8. The van der Waals surface area contributed by atoms with E-state index in [-0.39, 0.29) is 24.3 Å². The standard InChI is InChI=1S/C17H30F2N2O2/c1-15(2,3)23-14(22)21-10-4-13(5-11-21)16(12-20)6-8-17(18,19)9-7-16/h13H,4-12,20H2,1-3H3. The van der Waals surface area contributed by atoms with Crippen molar-refractivity contribution in [2.75, 3.05) is 19.6 Å². The quantitative estimate of drug-likeness (QED) is 0.837. The minimum absolute atomic E-state index is 0.0590. The van der Waals surface area contributed by atoms with Crippen LogP contribution in [0.3, 0.4) is 0 Å². The molecule has 1 heterocycles. The van der Waals surface area contributed by atoms with Crippen LogP contribution in [0.2, 0.25) is 0 Å². The number of carbonyl (C=O) groups excluding carboxylic acids is 1. The molecule has 2 fully saturated rings. The lowest BCUT2D eigenvalue weighted by atomic mass is 9.62. The highest BCUT2D eigenvalue weighted by Gasteiger charge is 2.47. The molecule has 23 heavy (non-hydrogen) atoms. The number of halogens is 2. The second-order valence-corrected chi connectivity index (χ2v) is 8.16. The molecule has 0 atom stereocenters. The summed E-state index contributed by atoms with van der Waals surface area (Å²) in [5.74, 6) is -2.21. The molecule has 0 bridgehead atoms. The number of hydrogen-bond donors (Lipinski definition) is 1. The lowest BCUT2D eigenvalue weighted by molar-refractivity contribution is -0.0849. The SMILES string of the molecule is CC(C)(C)OC(=O)N1CCC(C2(CN)CCC(F)(F)CC2)CC1. The molecule has 2 aliphatic rings. The van der Waals surface area contributed by atoms with E-state index in [1.165, 1.54) is 0 Å². The maximum atomic E-state index is 13.5. The van der Waals surface area contributed by atoms with Gasteiger partial charge in [0, 0.05) is 25.9 Å². The van der Waals surface area contributed by atoms with E-state index < -0.39 is 11.5 Å². The van der Waals surface area contributed by atoms with Gasteiger partial charge in [-0.15, -0.1) is 0 Å². The molecule has 2 N–H and O–H groups in total. The molecule has 6 heteroatoms. The Morgan fingerprint density at radius 1 is 1.17 bits per heavy atom. The number of carbonyl (C=O) groups is 1. The summed E-state index contributed by atoms with van der Waals surface area (Å²) >= 11 is 0. The van der Waals surface area contributed by atoms with Crippen LogP contribution in [0.15, 0.2) is 0 Å². The largest absolute Gasteiger partial charge is 0.444 e. The first kappa shape index (κ1) is 18.4. The third kappa shape index (κ3) is 4.55. The number of nitrogens with zero attached hydrogens (tertiary/aromatic N) is 1. The Morgan fingerprint density at radius 3 is 2.13 bits per heavy atom. The topological polar surface area (TPSA) is 55.6 Å². The molecule has 134 valence electrons. The van der Waals surface area contributed by atoms with E-state index in [1.807, 2.05) is 20.8 Å². The van der Waals surface area contributed by atoms with Crippen LogP contribution in [0.4, 0.5) is 13.6 Å².